The summed E-state index contributed by atoms with van der Waals surface area (Å²) in [4.78, 5) is 12.3. The van der Waals surface area contributed by atoms with Crippen molar-refractivity contribution in [2.45, 2.75) is 0 Å². The normalized spacial score (nSPS) is 12.0. The van der Waals surface area contributed by atoms with E-state index < -0.39 is 0 Å². The minimum atomic E-state index is -0.315. The molecule has 0 fully saturated rings. The van der Waals surface area contributed by atoms with Crippen molar-refractivity contribution in [3.05, 3.63) is 42.0 Å². The Kier molecular flexibility index (Phi) is 3.27. The molecule has 2 aromatic carbocycles. The quantitative estimate of drug-likeness (QED) is 0.846. The van der Waals surface area contributed by atoms with E-state index in [1.54, 1.807) is 36.4 Å². The molecule has 0 aromatic heterocycles. The molecule has 0 radical (unpaired) electrons. The van der Waals surface area contributed by atoms with E-state index in [0.29, 0.717) is 34.2 Å². The van der Waals surface area contributed by atoms with Crippen LogP contribution in [0.5, 0.6) is 17.2 Å². The number of nitrogens with one attached hydrogen (secondary N) is 1. The number of anilines is 2. The summed E-state index contributed by atoms with van der Waals surface area (Å²) in [5.41, 5.74) is 7.17. The molecule has 1 aliphatic heterocycles. The zero-order valence-corrected chi connectivity index (χ0v) is 11.4. The number of amides is 1. The van der Waals surface area contributed by atoms with E-state index in [1.807, 2.05) is 0 Å². The third-order valence-electron chi connectivity index (χ3n) is 3.16. The molecule has 3 N–H and O–H groups in total. The largest absolute Gasteiger partial charge is 0.495 e. The highest BCUT2D eigenvalue weighted by Gasteiger charge is 2.16. The van der Waals surface area contributed by atoms with Gasteiger partial charge in [-0.3, -0.25) is 4.79 Å². The van der Waals surface area contributed by atoms with Crippen LogP contribution < -0.4 is 25.3 Å². The number of hydrogen-bond donors (Lipinski definition) is 2. The van der Waals surface area contributed by atoms with Gasteiger partial charge in [0.1, 0.15) is 5.75 Å². The van der Waals surface area contributed by atoms with Gasteiger partial charge in [-0.15, -0.1) is 0 Å². The van der Waals surface area contributed by atoms with Crippen LogP contribution in [0.4, 0.5) is 11.4 Å². The molecule has 1 heterocycles. The van der Waals surface area contributed by atoms with Gasteiger partial charge in [0.25, 0.3) is 5.91 Å². The van der Waals surface area contributed by atoms with Crippen molar-refractivity contribution in [3.63, 3.8) is 0 Å². The van der Waals surface area contributed by atoms with Gasteiger partial charge in [-0.05, 0) is 24.3 Å². The Bertz CT molecular complexity index is 700. The van der Waals surface area contributed by atoms with Crippen molar-refractivity contribution in [1.82, 2.24) is 0 Å². The van der Waals surface area contributed by atoms with Crippen molar-refractivity contribution in [1.29, 1.82) is 0 Å². The number of carbonyl (C=O) groups is 1. The van der Waals surface area contributed by atoms with Gasteiger partial charge in [0.05, 0.1) is 18.4 Å². The fraction of sp³-hybridized carbons (Fsp3) is 0.133. The average Bonchev–Trinajstić information content (AvgIpc) is 2.95. The van der Waals surface area contributed by atoms with Crippen LogP contribution in [-0.2, 0) is 0 Å². The van der Waals surface area contributed by atoms with Crippen molar-refractivity contribution in [3.8, 4) is 17.2 Å². The highest BCUT2D eigenvalue weighted by atomic mass is 16.7. The summed E-state index contributed by atoms with van der Waals surface area (Å²) in [5, 5.41) is 2.77. The zero-order chi connectivity index (χ0) is 14.8. The van der Waals surface area contributed by atoms with Gasteiger partial charge in [-0.1, -0.05) is 6.07 Å². The minimum absolute atomic E-state index is 0.190. The molecular weight excluding hydrogens is 272 g/mol. The Balaban J connectivity index is 1.83. The van der Waals surface area contributed by atoms with Crippen LogP contribution in [-0.4, -0.2) is 19.8 Å². The monoisotopic (exact) mass is 286 g/mol. The number of ether oxygens (including phenoxy) is 3. The summed E-state index contributed by atoms with van der Waals surface area (Å²) < 4.78 is 15.6. The first kappa shape index (κ1) is 13.1. The predicted octanol–water partition coefficient (Wildman–Crippen LogP) is 2.26. The van der Waals surface area contributed by atoms with Crippen LogP contribution in [0, 0.1) is 0 Å². The molecule has 108 valence electrons. The first-order valence-corrected chi connectivity index (χ1v) is 6.32. The van der Waals surface area contributed by atoms with Crippen LogP contribution in [0.3, 0.4) is 0 Å². The second kappa shape index (κ2) is 5.24. The number of rotatable bonds is 3. The maximum Gasteiger partial charge on any atom is 0.257 e. The van der Waals surface area contributed by atoms with Crippen LogP contribution in [0.1, 0.15) is 10.4 Å². The Labute approximate surface area is 121 Å². The van der Waals surface area contributed by atoms with E-state index in [2.05, 4.69) is 5.32 Å². The van der Waals surface area contributed by atoms with Crippen LogP contribution in [0.25, 0.3) is 0 Å². The maximum absolute atomic E-state index is 12.3. The molecule has 2 aromatic rings. The Hall–Kier alpha value is -2.89. The lowest BCUT2D eigenvalue weighted by atomic mass is 10.1. The summed E-state index contributed by atoms with van der Waals surface area (Å²) in [6, 6.07) is 10.2. The summed E-state index contributed by atoms with van der Waals surface area (Å²) in [6.45, 7) is 0.190. The zero-order valence-electron chi connectivity index (χ0n) is 11.4. The lowest BCUT2D eigenvalue weighted by Gasteiger charge is -2.10. The van der Waals surface area contributed by atoms with Gasteiger partial charge in [-0.25, -0.2) is 0 Å². The molecule has 0 unspecified atom stereocenters. The lowest BCUT2D eigenvalue weighted by Crippen LogP contribution is -2.14. The molecule has 21 heavy (non-hydrogen) atoms. The van der Waals surface area contributed by atoms with E-state index in [9.17, 15) is 4.79 Å². The number of hydrogen-bond acceptors (Lipinski definition) is 5. The second-order valence-electron chi connectivity index (χ2n) is 4.44. The van der Waals surface area contributed by atoms with E-state index >= 15 is 0 Å². The smallest absolute Gasteiger partial charge is 0.257 e. The van der Waals surface area contributed by atoms with Crippen LogP contribution in [0.2, 0.25) is 0 Å². The first-order chi connectivity index (χ1) is 10.2. The third-order valence-corrected chi connectivity index (χ3v) is 3.16. The van der Waals surface area contributed by atoms with E-state index in [1.165, 1.54) is 7.11 Å². The molecule has 1 amide bonds. The Morgan fingerprint density at radius 2 is 2.05 bits per heavy atom. The van der Waals surface area contributed by atoms with E-state index in [4.69, 9.17) is 19.9 Å². The summed E-state index contributed by atoms with van der Waals surface area (Å²) in [7, 11) is 1.51. The minimum Gasteiger partial charge on any atom is -0.495 e. The summed E-state index contributed by atoms with van der Waals surface area (Å²) in [6.07, 6.45) is 0. The molecule has 0 spiro atoms. The fourth-order valence-electron chi connectivity index (χ4n) is 2.09. The van der Waals surface area contributed by atoms with Gasteiger partial charge in [0.2, 0.25) is 6.79 Å². The van der Waals surface area contributed by atoms with Gasteiger partial charge in [0, 0.05) is 11.8 Å². The van der Waals surface area contributed by atoms with Crippen molar-refractivity contribution >= 4 is 17.3 Å². The number of nitrogens with two attached hydrogens (primary N) is 1. The van der Waals surface area contributed by atoms with Crippen molar-refractivity contribution < 1.29 is 19.0 Å². The summed E-state index contributed by atoms with van der Waals surface area (Å²) >= 11 is 0. The predicted molar refractivity (Wildman–Crippen MR) is 77.9 cm³/mol. The highest BCUT2D eigenvalue weighted by Crippen LogP contribution is 2.34. The van der Waals surface area contributed by atoms with E-state index in [-0.39, 0.29) is 12.7 Å². The molecule has 1 aliphatic rings. The Morgan fingerprint density at radius 3 is 2.86 bits per heavy atom. The number of nitrogen functional groups attached to an aromatic ring is 1. The molecular formula is C15H14N2O4. The number of fused-ring (bicyclic) bond motifs is 1. The molecule has 0 saturated carbocycles. The van der Waals surface area contributed by atoms with Crippen LogP contribution >= 0.6 is 0 Å². The highest BCUT2D eigenvalue weighted by molar-refractivity contribution is 6.08. The molecule has 0 atom stereocenters. The van der Waals surface area contributed by atoms with E-state index in [0.717, 1.165) is 0 Å². The molecule has 0 aliphatic carbocycles. The molecule has 6 heteroatoms. The molecule has 3 rings (SSSR count). The lowest BCUT2D eigenvalue weighted by molar-refractivity contribution is 0.102. The number of carbonyl (C=O) groups excluding carboxylic acids is 1. The van der Waals surface area contributed by atoms with Gasteiger partial charge in [0.15, 0.2) is 11.5 Å². The standard InChI is InChI=1S/C15H14N2O4/c1-19-12-4-2-3-10(14(12)16)15(18)17-9-5-6-11-13(7-9)21-8-20-11/h2-7H,8,16H2,1H3,(H,17,18). The molecule has 0 saturated heterocycles. The van der Waals surface area contributed by atoms with Crippen LogP contribution in [0.15, 0.2) is 36.4 Å². The van der Waals surface area contributed by atoms with Crippen molar-refractivity contribution in [2.75, 3.05) is 25.0 Å². The number of para-hydroxylation sites is 1. The number of benzene rings is 2. The van der Waals surface area contributed by atoms with Crippen molar-refractivity contribution in [2.24, 2.45) is 0 Å². The first-order valence-electron chi connectivity index (χ1n) is 6.32. The second-order valence-corrected chi connectivity index (χ2v) is 4.44. The third kappa shape index (κ3) is 2.43. The summed E-state index contributed by atoms with van der Waals surface area (Å²) in [5.74, 6) is 1.42. The maximum atomic E-state index is 12.3. The molecule has 6 nitrogen and oxygen atoms in total. The van der Waals surface area contributed by atoms with Gasteiger partial charge >= 0.3 is 0 Å². The SMILES string of the molecule is COc1cccc(C(=O)Nc2ccc3c(c2)OCO3)c1N. The average molecular weight is 286 g/mol. The number of methoxy groups -OCH3 is 1. The fourth-order valence-corrected chi connectivity index (χ4v) is 2.09. The van der Waals surface area contributed by atoms with Gasteiger partial charge in [-0.2, -0.15) is 0 Å². The Morgan fingerprint density at radius 1 is 1.24 bits per heavy atom. The van der Waals surface area contributed by atoms with Gasteiger partial charge < -0.3 is 25.3 Å². The topological polar surface area (TPSA) is 82.8 Å². The molecule has 0 bridgehead atoms.